The Hall–Kier alpha value is -3.65. The fourth-order valence-electron chi connectivity index (χ4n) is 3.86. The van der Waals surface area contributed by atoms with E-state index in [2.05, 4.69) is 45.9 Å². The van der Waals surface area contributed by atoms with Crippen LogP contribution in [0.3, 0.4) is 0 Å². The highest BCUT2D eigenvalue weighted by molar-refractivity contribution is 8.27. The van der Waals surface area contributed by atoms with E-state index >= 15 is 0 Å². The van der Waals surface area contributed by atoms with Gasteiger partial charge < -0.3 is 8.98 Å². The van der Waals surface area contributed by atoms with Gasteiger partial charge in [-0.05, 0) is 79.6 Å². The smallest absolute Gasteiger partial charge is 0.283 e. The number of hydrogen-bond acceptors (Lipinski definition) is 5. The second-order valence-electron chi connectivity index (χ2n) is 7.58. The van der Waals surface area contributed by atoms with Gasteiger partial charge >= 0.3 is 0 Å². The number of furan rings is 1. The van der Waals surface area contributed by atoms with Crippen LogP contribution in [0.15, 0.2) is 68.8 Å². The van der Waals surface area contributed by atoms with Crippen molar-refractivity contribution in [3.8, 4) is 5.69 Å². The topological polar surface area (TPSA) is 86.9 Å². The Kier molecular flexibility index (Phi) is 4.94. The number of nitrogens with one attached hydrogen (secondary N) is 1. The van der Waals surface area contributed by atoms with Crippen molar-refractivity contribution in [1.82, 2.24) is 9.58 Å². The third-order valence-electron chi connectivity index (χ3n) is 5.56. The van der Waals surface area contributed by atoms with Crippen LogP contribution in [-0.2, 0) is 11.2 Å². The highest BCUT2D eigenvalue weighted by Gasteiger charge is 2.36. The van der Waals surface area contributed by atoms with E-state index < -0.39 is 5.91 Å². The van der Waals surface area contributed by atoms with Gasteiger partial charge in [-0.15, -0.1) is 0 Å². The third kappa shape index (κ3) is 3.33. The molecule has 1 N–H and O–H groups in total. The van der Waals surface area contributed by atoms with Crippen LogP contribution in [-0.4, -0.2) is 31.5 Å². The molecule has 5 rings (SSSR count). The van der Waals surface area contributed by atoms with Crippen LogP contribution >= 0.6 is 11.8 Å². The normalized spacial score (nSPS) is 17.1. The second kappa shape index (κ2) is 7.80. The van der Waals surface area contributed by atoms with Crippen molar-refractivity contribution < 1.29 is 9.21 Å². The molecule has 160 valence electrons. The van der Waals surface area contributed by atoms with Crippen molar-refractivity contribution >= 4 is 39.8 Å². The van der Waals surface area contributed by atoms with Gasteiger partial charge in [0.15, 0.2) is 16.6 Å². The van der Waals surface area contributed by atoms with Gasteiger partial charge in [-0.2, -0.15) is 15.1 Å². The first-order chi connectivity index (χ1) is 15.5. The molecule has 32 heavy (non-hydrogen) atoms. The zero-order chi connectivity index (χ0) is 22.4. The molecule has 2 aromatic heterocycles. The highest BCUT2D eigenvalue weighted by Crippen LogP contribution is 2.32. The maximum Gasteiger partial charge on any atom is 0.283 e. The summed E-state index contributed by atoms with van der Waals surface area (Å²) < 4.78 is 7.54. The number of thioether (sulfide) groups is 1. The third-order valence-corrected chi connectivity index (χ3v) is 6.48. The van der Waals surface area contributed by atoms with Crippen molar-refractivity contribution in [2.75, 3.05) is 0 Å². The summed E-state index contributed by atoms with van der Waals surface area (Å²) in [5.41, 5.74) is 5.47. The van der Waals surface area contributed by atoms with E-state index in [0.29, 0.717) is 16.0 Å². The predicted octanol–water partition coefficient (Wildman–Crippen LogP) is 4.92. The summed E-state index contributed by atoms with van der Waals surface area (Å²) in [6.45, 7) is 6.18. The summed E-state index contributed by atoms with van der Waals surface area (Å²) in [7, 11) is 0. The average molecular weight is 444 g/mol. The molecule has 0 atom stereocenters. The fourth-order valence-corrected chi connectivity index (χ4v) is 4.72. The number of carbonyl (C=O) groups is 1. The number of hydrazone groups is 1. The minimum atomic E-state index is -0.443. The van der Waals surface area contributed by atoms with Crippen molar-refractivity contribution in [3.05, 3.63) is 82.6 Å². The number of aromatic nitrogens is 1. The number of amides is 1. The lowest BCUT2D eigenvalue weighted by Gasteiger charge is -2.20. The lowest BCUT2D eigenvalue weighted by atomic mass is 10.1. The molecule has 2 aliphatic heterocycles. The molecule has 0 unspecified atom stereocenters. The summed E-state index contributed by atoms with van der Waals surface area (Å²) in [4.78, 5) is 16.9. The lowest BCUT2D eigenvalue weighted by Crippen LogP contribution is -2.35. The first-order valence-electron chi connectivity index (χ1n) is 10.3. The quantitative estimate of drug-likeness (QED) is 0.580. The number of aryl methyl sites for hydroxylation is 2. The molecule has 0 radical (unpaired) electrons. The number of nitrogens with zero attached hydrogens (tertiary/aromatic N) is 4. The van der Waals surface area contributed by atoms with Gasteiger partial charge in [0, 0.05) is 17.1 Å². The predicted molar refractivity (Wildman–Crippen MR) is 127 cm³/mol. The minimum Gasteiger partial charge on any atom is -0.462 e. The first kappa shape index (κ1) is 20.3. The number of rotatable bonds is 4. The molecular weight excluding hydrogens is 422 g/mol. The minimum absolute atomic E-state index is 0.00570. The Morgan fingerprint density at radius 3 is 2.66 bits per heavy atom. The van der Waals surface area contributed by atoms with Crippen molar-refractivity contribution in [3.63, 3.8) is 0 Å². The fraction of sp³-hybridized carbons (Fsp3) is 0.167. The van der Waals surface area contributed by atoms with Gasteiger partial charge in [-0.25, -0.2) is 0 Å². The van der Waals surface area contributed by atoms with Crippen molar-refractivity contribution in [2.24, 2.45) is 10.1 Å². The van der Waals surface area contributed by atoms with Crippen LogP contribution in [0, 0.1) is 19.3 Å². The molecule has 0 saturated heterocycles. The van der Waals surface area contributed by atoms with E-state index in [0.717, 1.165) is 29.1 Å². The van der Waals surface area contributed by atoms with Crippen LogP contribution in [0.4, 0.5) is 0 Å². The van der Waals surface area contributed by atoms with Gasteiger partial charge in [0.2, 0.25) is 5.17 Å². The molecule has 0 fully saturated rings. The summed E-state index contributed by atoms with van der Waals surface area (Å²) in [6.07, 6.45) is 4.28. The zero-order valence-electron chi connectivity index (χ0n) is 17.9. The molecule has 7 nitrogen and oxygen atoms in total. The summed E-state index contributed by atoms with van der Waals surface area (Å²) in [5, 5.41) is 15.4. The Balaban J connectivity index is 1.50. The molecule has 0 bridgehead atoms. The Bertz CT molecular complexity index is 1330. The maximum atomic E-state index is 12.8. The molecule has 1 amide bonds. The van der Waals surface area contributed by atoms with Gasteiger partial charge in [-0.3, -0.25) is 10.2 Å². The zero-order valence-corrected chi connectivity index (χ0v) is 18.7. The maximum absolute atomic E-state index is 12.8. The van der Waals surface area contributed by atoms with Gasteiger partial charge in [-0.1, -0.05) is 19.1 Å². The van der Waals surface area contributed by atoms with E-state index in [1.165, 1.54) is 22.3 Å². The van der Waals surface area contributed by atoms with E-state index in [1.54, 1.807) is 24.5 Å². The Morgan fingerprint density at radius 1 is 1.19 bits per heavy atom. The Morgan fingerprint density at radius 2 is 1.97 bits per heavy atom. The van der Waals surface area contributed by atoms with E-state index in [4.69, 9.17) is 9.83 Å². The van der Waals surface area contributed by atoms with E-state index in [9.17, 15) is 4.79 Å². The molecular formula is C24H21N5O2S. The Labute approximate surface area is 189 Å². The number of fused-ring (bicyclic) bond motifs is 1. The lowest BCUT2D eigenvalue weighted by molar-refractivity contribution is -0.114. The van der Waals surface area contributed by atoms with Gasteiger partial charge in [0.1, 0.15) is 0 Å². The van der Waals surface area contributed by atoms with Gasteiger partial charge in [0.05, 0.1) is 11.8 Å². The SMILES string of the molecule is CCc1ccc(-n2c(C)cc(C=C3C(=N)N4N=C(c5ccco5)SC4=NC3=O)c2C)cc1. The average Bonchev–Trinajstić information content (AvgIpc) is 3.51. The number of carbonyl (C=O) groups excluding carboxylic acids is 1. The summed E-state index contributed by atoms with van der Waals surface area (Å²) >= 11 is 1.22. The number of aliphatic imine (C=N–C) groups is 1. The molecule has 0 spiro atoms. The van der Waals surface area contributed by atoms with Crippen LogP contribution in [0.1, 0.15) is 35.2 Å². The second-order valence-corrected chi connectivity index (χ2v) is 8.54. The molecule has 3 aromatic rings. The monoisotopic (exact) mass is 443 g/mol. The molecule has 1 aromatic carbocycles. The molecule has 4 heterocycles. The molecule has 0 saturated carbocycles. The number of amidine groups is 2. The molecule has 0 aliphatic carbocycles. The van der Waals surface area contributed by atoms with Crippen LogP contribution < -0.4 is 0 Å². The van der Waals surface area contributed by atoms with Gasteiger partial charge in [0.25, 0.3) is 5.91 Å². The van der Waals surface area contributed by atoms with E-state index in [1.807, 2.05) is 19.9 Å². The highest BCUT2D eigenvalue weighted by atomic mass is 32.2. The first-order valence-corrected chi connectivity index (χ1v) is 11.1. The van der Waals surface area contributed by atoms with Crippen molar-refractivity contribution in [1.29, 1.82) is 5.41 Å². The number of benzene rings is 1. The van der Waals surface area contributed by atoms with E-state index in [-0.39, 0.29) is 11.4 Å². The summed E-state index contributed by atoms with van der Waals surface area (Å²) in [5.74, 6) is 0.142. The number of hydrogen-bond donors (Lipinski definition) is 1. The standard InChI is InChI=1S/C24H21N5O2S/c1-4-16-7-9-18(10-8-16)28-14(2)12-17(15(28)3)13-19-21(25)29-24(26-22(19)30)32-23(27-29)20-6-5-11-31-20/h5-13,25H,4H2,1-3H3. The van der Waals surface area contributed by atoms with Crippen molar-refractivity contribution in [2.45, 2.75) is 27.2 Å². The van der Waals surface area contributed by atoms with Crippen LogP contribution in [0.25, 0.3) is 11.8 Å². The largest absolute Gasteiger partial charge is 0.462 e. The summed E-state index contributed by atoms with van der Waals surface area (Å²) in [6, 6.07) is 14.0. The molecule has 2 aliphatic rings. The van der Waals surface area contributed by atoms with Crippen LogP contribution in [0.5, 0.6) is 0 Å². The molecule has 8 heteroatoms. The van der Waals surface area contributed by atoms with Crippen LogP contribution in [0.2, 0.25) is 0 Å².